The summed E-state index contributed by atoms with van der Waals surface area (Å²) in [4.78, 5) is 0. The van der Waals surface area contributed by atoms with E-state index in [1.165, 1.54) is 12.8 Å². The van der Waals surface area contributed by atoms with Crippen molar-refractivity contribution in [3.8, 4) is 0 Å². The molecule has 0 radical (unpaired) electrons. The molecule has 94 valence electrons. The maximum atomic E-state index is 5.69. The molecule has 0 spiro atoms. The van der Waals surface area contributed by atoms with Gasteiger partial charge >= 0.3 is 0 Å². The zero-order valence-corrected chi connectivity index (χ0v) is 10.2. The highest BCUT2D eigenvalue weighted by Gasteiger charge is 2.33. The average Bonchev–Trinajstić information content (AvgIpc) is 2.39. The van der Waals surface area contributed by atoms with Crippen LogP contribution < -0.4 is 5.32 Å². The second-order valence-electron chi connectivity index (χ2n) is 4.79. The van der Waals surface area contributed by atoms with Gasteiger partial charge in [-0.05, 0) is 12.8 Å². The van der Waals surface area contributed by atoms with Gasteiger partial charge in [0.15, 0.2) is 0 Å². The van der Waals surface area contributed by atoms with Crippen molar-refractivity contribution in [2.75, 3.05) is 40.1 Å². The number of nitrogens with one attached hydrogen (secondary N) is 1. The van der Waals surface area contributed by atoms with Gasteiger partial charge in [0, 0.05) is 52.4 Å². The molecule has 16 heavy (non-hydrogen) atoms. The van der Waals surface area contributed by atoms with Crippen LogP contribution in [0.2, 0.25) is 0 Å². The normalized spacial score (nSPS) is 30.2. The average molecular weight is 229 g/mol. The molecule has 0 aromatic rings. The van der Waals surface area contributed by atoms with E-state index in [0.29, 0.717) is 6.04 Å². The van der Waals surface area contributed by atoms with Crippen molar-refractivity contribution < 1.29 is 14.2 Å². The van der Waals surface area contributed by atoms with Crippen LogP contribution in [0, 0.1) is 0 Å². The fourth-order valence-electron chi connectivity index (χ4n) is 2.43. The largest absolute Gasteiger partial charge is 0.381 e. The van der Waals surface area contributed by atoms with E-state index in [0.717, 1.165) is 45.8 Å². The van der Waals surface area contributed by atoms with Gasteiger partial charge in [0.05, 0.1) is 12.2 Å². The SMILES string of the molecule is COC1(CNC2CCCOC2)CCOCC1. The van der Waals surface area contributed by atoms with Crippen LogP contribution >= 0.6 is 0 Å². The van der Waals surface area contributed by atoms with E-state index in [4.69, 9.17) is 14.2 Å². The van der Waals surface area contributed by atoms with E-state index in [1.807, 2.05) is 7.11 Å². The highest BCUT2D eigenvalue weighted by atomic mass is 16.5. The van der Waals surface area contributed by atoms with Crippen LogP contribution in [0.15, 0.2) is 0 Å². The van der Waals surface area contributed by atoms with Gasteiger partial charge in [-0.25, -0.2) is 0 Å². The van der Waals surface area contributed by atoms with Crippen LogP contribution in [-0.2, 0) is 14.2 Å². The Hall–Kier alpha value is -0.160. The Bertz CT molecular complexity index is 198. The van der Waals surface area contributed by atoms with Crippen LogP contribution in [0.5, 0.6) is 0 Å². The van der Waals surface area contributed by atoms with Gasteiger partial charge < -0.3 is 19.5 Å². The third-order valence-electron chi connectivity index (χ3n) is 3.71. The Balaban J connectivity index is 1.77. The summed E-state index contributed by atoms with van der Waals surface area (Å²) in [6.45, 7) is 4.31. The molecule has 0 bridgehead atoms. The minimum atomic E-state index is -0.0182. The van der Waals surface area contributed by atoms with Gasteiger partial charge in [0.2, 0.25) is 0 Å². The highest BCUT2D eigenvalue weighted by molar-refractivity contribution is 4.87. The lowest BCUT2D eigenvalue weighted by atomic mass is 9.93. The first-order chi connectivity index (χ1) is 7.85. The molecule has 2 heterocycles. The first-order valence-electron chi connectivity index (χ1n) is 6.29. The predicted octanol–water partition coefficient (Wildman–Crippen LogP) is 0.951. The second kappa shape index (κ2) is 5.96. The molecule has 1 atom stereocenters. The molecule has 1 N–H and O–H groups in total. The highest BCUT2D eigenvalue weighted by Crippen LogP contribution is 2.24. The van der Waals surface area contributed by atoms with Gasteiger partial charge in [0.25, 0.3) is 0 Å². The minimum absolute atomic E-state index is 0.0182. The molecule has 2 aliphatic rings. The zero-order chi connectivity index (χ0) is 11.3. The minimum Gasteiger partial charge on any atom is -0.381 e. The Morgan fingerprint density at radius 3 is 2.69 bits per heavy atom. The molecule has 2 saturated heterocycles. The Morgan fingerprint density at radius 1 is 1.25 bits per heavy atom. The fourth-order valence-corrected chi connectivity index (χ4v) is 2.43. The second-order valence-corrected chi connectivity index (χ2v) is 4.79. The van der Waals surface area contributed by atoms with Gasteiger partial charge in [0.1, 0.15) is 0 Å². The van der Waals surface area contributed by atoms with E-state index >= 15 is 0 Å². The summed E-state index contributed by atoms with van der Waals surface area (Å²) in [6.07, 6.45) is 4.37. The number of hydrogen-bond acceptors (Lipinski definition) is 4. The smallest absolute Gasteiger partial charge is 0.0846 e. The Labute approximate surface area is 97.6 Å². The lowest BCUT2D eigenvalue weighted by Gasteiger charge is -2.37. The molecule has 0 aliphatic carbocycles. The van der Waals surface area contributed by atoms with Crippen LogP contribution in [0.3, 0.4) is 0 Å². The summed E-state index contributed by atoms with van der Waals surface area (Å²) in [5.74, 6) is 0. The molecule has 0 aromatic carbocycles. The summed E-state index contributed by atoms with van der Waals surface area (Å²) >= 11 is 0. The van der Waals surface area contributed by atoms with Gasteiger partial charge in [-0.1, -0.05) is 0 Å². The molecule has 0 aromatic heterocycles. The lowest BCUT2D eigenvalue weighted by Crippen LogP contribution is -2.50. The zero-order valence-electron chi connectivity index (χ0n) is 10.2. The van der Waals surface area contributed by atoms with Crippen LogP contribution in [0.4, 0.5) is 0 Å². The van der Waals surface area contributed by atoms with Crippen LogP contribution in [0.25, 0.3) is 0 Å². The van der Waals surface area contributed by atoms with Crippen molar-refractivity contribution in [1.82, 2.24) is 5.32 Å². The number of hydrogen-bond donors (Lipinski definition) is 1. The molecule has 1 unspecified atom stereocenters. The Kier molecular flexibility index (Phi) is 4.58. The van der Waals surface area contributed by atoms with Crippen molar-refractivity contribution in [2.24, 2.45) is 0 Å². The molecular formula is C12H23NO3. The van der Waals surface area contributed by atoms with E-state index in [1.54, 1.807) is 0 Å². The summed E-state index contributed by atoms with van der Waals surface area (Å²) < 4.78 is 16.5. The molecule has 2 rings (SSSR count). The van der Waals surface area contributed by atoms with Crippen LogP contribution in [-0.4, -0.2) is 51.7 Å². The van der Waals surface area contributed by atoms with Crippen molar-refractivity contribution in [1.29, 1.82) is 0 Å². The molecular weight excluding hydrogens is 206 g/mol. The first-order valence-corrected chi connectivity index (χ1v) is 6.29. The quantitative estimate of drug-likeness (QED) is 0.779. The van der Waals surface area contributed by atoms with Gasteiger partial charge in [-0.3, -0.25) is 0 Å². The van der Waals surface area contributed by atoms with Gasteiger partial charge in [-0.15, -0.1) is 0 Å². The predicted molar refractivity (Wildman–Crippen MR) is 61.6 cm³/mol. The van der Waals surface area contributed by atoms with E-state index in [9.17, 15) is 0 Å². The maximum Gasteiger partial charge on any atom is 0.0846 e. The van der Waals surface area contributed by atoms with Crippen molar-refractivity contribution in [3.63, 3.8) is 0 Å². The number of methoxy groups -OCH3 is 1. The summed E-state index contributed by atoms with van der Waals surface area (Å²) in [5, 5.41) is 3.58. The molecule has 4 nitrogen and oxygen atoms in total. The fraction of sp³-hybridized carbons (Fsp3) is 1.00. The van der Waals surface area contributed by atoms with Crippen LogP contribution in [0.1, 0.15) is 25.7 Å². The van der Waals surface area contributed by atoms with Gasteiger partial charge in [-0.2, -0.15) is 0 Å². The summed E-state index contributed by atoms with van der Waals surface area (Å²) in [6, 6.07) is 0.503. The number of ether oxygens (including phenoxy) is 3. The molecule has 0 amide bonds. The first kappa shape index (κ1) is 12.3. The molecule has 0 saturated carbocycles. The maximum absolute atomic E-state index is 5.69. The molecule has 2 fully saturated rings. The van der Waals surface area contributed by atoms with E-state index in [2.05, 4.69) is 5.32 Å². The van der Waals surface area contributed by atoms with Crippen molar-refractivity contribution in [2.45, 2.75) is 37.3 Å². The summed E-state index contributed by atoms with van der Waals surface area (Å²) in [7, 11) is 1.81. The van der Waals surface area contributed by atoms with E-state index in [-0.39, 0.29) is 5.60 Å². The van der Waals surface area contributed by atoms with Crippen molar-refractivity contribution >= 4 is 0 Å². The van der Waals surface area contributed by atoms with Crippen molar-refractivity contribution in [3.05, 3.63) is 0 Å². The number of rotatable bonds is 4. The third-order valence-corrected chi connectivity index (χ3v) is 3.71. The topological polar surface area (TPSA) is 39.7 Å². The molecule has 2 aliphatic heterocycles. The Morgan fingerprint density at radius 2 is 2.06 bits per heavy atom. The summed E-state index contributed by atoms with van der Waals surface area (Å²) in [5.41, 5.74) is -0.0182. The molecule has 4 heteroatoms. The standard InChI is InChI=1S/C12H23NO3/c1-14-12(4-7-15-8-5-12)10-13-11-3-2-6-16-9-11/h11,13H,2-10H2,1H3. The monoisotopic (exact) mass is 229 g/mol. The lowest BCUT2D eigenvalue weighted by molar-refractivity contribution is -0.0903. The van der Waals surface area contributed by atoms with E-state index < -0.39 is 0 Å². The third kappa shape index (κ3) is 3.17.